The predicted molar refractivity (Wildman–Crippen MR) is 261 cm³/mol. The second-order valence-corrected chi connectivity index (χ2v) is 16.8. The highest BCUT2D eigenvalue weighted by Gasteiger charge is 2.25. The number of aryl methyl sites for hydroxylation is 1. The number of allylic oxidation sites excluding steroid dienone is 10. The topological polar surface area (TPSA) is 82.1 Å². The molecule has 3 aliphatic rings. The number of aliphatic hydroxyl groups is 1. The fourth-order valence-electron chi connectivity index (χ4n) is 10.4. The van der Waals surface area contributed by atoms with Crippen LogP contribution in [0, 0.1) is 0 Å². The Kier molecular flexibility index (Phi) is 8.78. The number of pyridine rings is 1. The Hall–Kier alpha value is -7.83. The molecule has 1 atom stereocenters. The van der Waals surface area contributed by atoms with E-state index in [9.17, 15) is 5.11 Å². The number of hydrogen-bond donors (Lipinski definition) is 2. The Morgan fingerprint density at radius 1 is 0.730 bits per heavy atom. The molecular formula is C57H44N4O2. The Morgan fingerprint density at radius 2 is 1.49 bits per heavy atom. The number of para-hydroxylation sites is 2. The molecule has 0 aliphatic heterocycles. The summed E-state index contributed by atoms with van der Waals surface area (Å²) in [6, 6.07) is 44.2. The van der Waals surface area contributed by atoms with E-state index in [0.717, 1.165) is 88.8 Å². The van der Waals surface area contributed by atoms with Crippen LogP contribution in [0.1, 0.15) is 59.7 Å². The van der Waals surface area contributed by atoms with Crippen LogP contribution in [0.15, 0.2) is 192 Å². The molecule has 5 aromatic carbocycles. The first kappa shape index (κ1) is 37.0. The average Bonchev–Trinajstić information content (AvgIpc) is 4.00. The minimum atomic E-state index is 0.226. The largest absolute Gasteiger partial charge is 0.516 e. The summed E-state index contributed by atoms with van der Waals surface area (Å²) in [4.78, 5) is 4.73. The number of benzene rings is 5. The van der Waals surface area contributed by atoms with Crippen molar-refractivity contribution >= 4 is 77.5 Å². The van der Waals surface area contributed by atoms with Gasteiger partial charge in [-0.2, -0.15) is 0 Å². The number of rotatable bonds is 7. The molecule has 0 saturated heterocycles. The number of aliphatic hydroxyl groups excluding tert-OH is 1. The van der Waals surface area contributed by atoms with Gasteiger partial charge in [-0.1, -0.05) is 85.0 Å². The summed E-state index contributed by atoms with van der Waals surface area (Å²) in [7, 11) is 0. The van der Waals surface area contributed by atoms with Crippen molar-refractivity contribution in [3.05, 3.63) is 216 Å². The molecule has 0 radical (unpaired) electrons. The second kappa shape index (κ2) is 15.0. The molecule has 0 amide bonds. The number of aromatic nitrogens is 3. The molecular weight excluding hydrogens is 773 g/mol. The summed E-state index contributed by atoms with van der Waals surface area (Å²) in [6.07, 6.45) is 24.2. The molecule has 0 bridgehead atoms. The van der Waals surface area contributed by atoms with Crippen molar-refractivity contribution in [2.75, 3.05) is 0 Å². The molecule has 9 aromatic rings. The first-order valence-electron chi connectivity index (χ1n) is 21.9. The zero-order valence-corrected chi connectivity index (χ0v) is 34.7. The molecule has 63 heavy (non-hydrogen) atoms. The minimum absolute atomic E-state index is 0.226. The Bertz CT molecular complexity index is 3560. The zero-order chi connectivity index (χ0) is 42.0. The van der Waals surface area contributed by atoms with E-state index in [-0.39, 0.29) is 5.92 Å². The van der Waals surface area contributed by atoms with E-state index < -0.39 is 0 Å². The lowest BCUT2D eigenvalue weighted by molar-refractivity contribution is 0.473. The fourth-order valence-corrected chi connectivity index (χ4v) is 10.4. The molecule has 4 aromatic heterocycles. The molecule has 304 valence electrons. The molecule has 1 unspecified atom stereocenters. The monoisotopic (exact) mass is 816 g/mol. The number of hydrogen-bond acceptors (Lipinski definition) is 4. The van der Waals surface area contributed by atoms with Crippen LogP contribution in [0.25, 0.3) is 83.2 Å². The first-order valence-corrected chi connectivity index (χ1v) is 21.9. The number of furan rings is 1. The summed E-state index contributed by atoms with van der Waals surface area (Å²) in [5.41, 5.74) is 23.2. The standard InChI is InChI=1S/C57H44N4O2/c58-50(18-11-31-62)42-14-3-1-12-40(42)36-22-26-54-46(32-36)44-16-5-7-20-52(44)60(54)38-24-28-56-48(34-38)49-35-39(25-29-57(49)63-56)61-53-21-8-6-17-45(53)47-33-37(23-27-55(47)61)41-13-2-4-15-43(41)51-19-9-10-30-59-51/h2,4-12,14-23,25-27,29-35,41,62H,1,3,13,24,28,58H2/b31-11-,50-18-. The quantitative estimate of drug-likeness (QED) is 0.124. The smallest absolute Gasteiger partial charge is 0.135 e. The van der Waals surface area contributed by atoms with Crippen LogP contribution in [-0.4, -0.2) is 19.2 Å². The fraction of sp³-hybridized carbons (Fsp3) is 0.105. The van der Waals surface area contributed by atoms with Gasteiger partial charge in [-0.05, 0) is 133 Å². The van der Waals surface area contributed by atoms with E-state index in [2.05, 4.69) is 161 Å². The molecule has 12 rings (SSSR count). The van der Waals surface area contributed by atoms with Gasteiger partial charge in [0.05, 0.1) is 34.0 Å². The number of fused-ring (bicyclic) bond motifs is 9. The van der Waals surface area contributed by atoms with Gasteiger partial charge < -0.3 is 24.4 Å². The van der Waals surface area contributed by atoms with Crippen LogP contribution in [-0.2, 0) is 6.42 Å². The first-order chi connectivity index (χ1) is 31.1. The lowest BCUT2D eigenvalue weighted by Crippen LogP contribution is -2.06. The third-order valence-electron chi connectivity index (χ3n) is 13.3. The van der Waals surface area contributed by atoms with Crippen LogP contribution in [0.2, 0.25) is 0 Å². The van der Waals surface area contributed by atoms with E-state index in [0.29, 0.717) is 5.70 Å². The van der Waals surface area contributed by atoms with Crippen molar-refractivity contribution in [2.45, 2.75) is 38.0 Å². The summed E-state index contributed by atoms with van der Waals surface area (Å²) in [5, 5.41) is 15.3. The van der Waals surface area contributed by atoms with Crippen LogP contribution < -0.4 is 5.73 Å². The molecule has 6 heteroatoms. The molecule has 3 aliphatic carbocycles. The third kappa shape index (κ3) is 6.05. The molecule has 4 heterocycles. The van der Waals surface area contributed by atoms with Gasteiger partial charge in [0, 0.05) is 73.7 Å². The van der Waals surface area contributed by atoms with Gasteiger partial charge in [-0.3, -0.25) is 4.98 Å². The van der Waals surface area contributed by atoms with Gasteiger partial charge in [0.1, 0.15) is 11.3 Å². The summed E-state index contributed by atoms with van der Waals surface area (Å²) in [6.45, 7) is 0. The molecule has 6 nitrogen and oxygen atoms in total. The zero-order valence-electron chi connectivity index (χ0n) is 34.7. The molecule has 0 saturated carbocycles. The maximum absolute atomic E-state index is 9.28. The van der Waals surface area contributed by atoms with Gasteiger partial charge in [0.2, 0.25) is 0 Å². The van der Waals surface area contributed by atoms with Crippen molar-refractivity contribution in [3.8, 4) is 5.69 Å². The Labute approximate surface area is 364 Å². The van der Waals surface area contributed by atoms with Gasteiger partial charge in [0.25, 0.3) is 0 Å². The number of nitrogens with zero attached hydrogens (tertiary/aromatic N) is 3. The van der Waals surface area contributed by atoms with E-state index in [4.69, 9.17) is 15.1 Å². The van der Waals surface area contributed by atoms with Crippen molar-refractivity contribution in [2.24, 2.45) is 5.73 Å². The van der Waals surface area contributed by atoms with E-state index in [1.54, 1.807) is 12.2 Å². The normalized spacial score (nSPS) is 16.9. The third-order valence-corrected chi connectivity index (χ3v) is 13.3. The van der Waals surface area contributed by atoms with E-state index >= 15 is 0 Å². The minimum Gasteiger partial charge on any atom is -0.516 e. The van der Waals surface area contributed by atoms with Crippen LogP contribution in [0.3, 0.4) is 0 Å². The van der Waals surface area contributed by atoms with Crippen LogP contribution in [0.4, 0.5) is 0 Å². The van der Waals surface area contributed by atoms with Gasteiger partial charge in [0.15, 0.2) is 0 Å². The highest BCUT2D eigenvalue weighted by Crippen LogP contribution is 2.44. The molecule has 3 N–H and O–H groups in total. The van der Waals surface area contributed by atoms with Crippen LogP contribution >= 0.6 is 0 Å². The SMILES string of the molecule is N/C(=C\C=C/O)C1=CCCC=C1c1ccc2c(c1)c1ccccc1n2C1=Cc2c(oc3ccc(-n4c5ccccc5c5cc(C6CC=CC=C6c6ccccn6)ccc54)cc23)CC1. The Balaban J connectivity index is 0.959. The predicted octanol–water partition coefficient (Wildman–Crippen LogP) is 14.1. The molecule has 0 fully saturated rings. The van der Waals surface area contributed by atoms with Gasteiger partial charge >= 0.3 is 0 Å². The summed E-state index contributed by atoms with van der Waals surface area (Å²) in [5.74, 6) is 1.26. The van der Waals surface area contributed by atoms with Crippen molar-refractivity contribution in [1.82, 2.24) is 14.1 Å². The maximum atomic E-state index is 9.28. The lowest BCUT2D eigenvalue weighted by atomic mass is 9.83. The summed E-state index contributed by atoms with van der Waals surface area (Å²) >= 11 is 0. The van der Waals surface area contributed by atoms with E-state index in [1.807, 2.05) is 12.3 Å². The second-order valence-electron chi connectivity index (χ2n) is 16.8. The van der Waals surface area contributed by atoms with Gasteiger partial charge in [-0.15, -0.1) is 0 Å². The van der Waals surface area contributed by atoms with Crippen molar-refractivity contribution in [1.29, 1.82) is 0 Å². The summed E-state index contributed by atoms with van der Waals surface area (Å²) < 4.78 is 11.5. The lowest BCUT2D eigenvalue weighted by Gasteiger charge is -2.22. The highest BCUT2D eigenvalue weighted by atomic mass is 16.3. The van der Waals surface area contributed by atoms with Crippen molar-refractivity contribution in [3.63, 3.8) is 0 Å². The molecule has 0 spiro atoms. The van der Waals surface area contributed by atoms with E-state index in [1.165, 1.54) is 60.4 Å². The Morgan fingerprint density at radius 3 is 2.33 bits per heavy atom. The van der Waals surface area contributed by atoms with Gasteiger partial charge in [-0.25, -0.2) is 0 Å². The highest BCUT2D eigenvalue weighted by molar-refractivity contribution is 6.13. The maximum Gasteiger partial charge on any atom is 0.135 e. The average molecular weight is 817 g/mol. The van der Waals surface area contributed by atoms with Crippen LogP contribution in [0.5, 0.6) is 0 Å². The van der Waals surface area contributed by atoms with Crippen molar-refractivity contribution < 1.29 is 9.52 Å². The number of nitrogens with two attached hydrogens (primary N) is 1.